The van der Waals surface area contributed by atoms with Crippen LogP contribution >= 0.6 is 0 Å². The van der Waals surface area contributed by atoms with Crippen LogP contribution in [0.2, 0.25) is 0 Å². The normalized spacial score (nSPS) is 10.2. The van der Waals surface area contributed by atoms with E-state index in [-0.39, 0.29) is 0 Å². The van der Waals surface area contributed by atoms with Crippen molar-refractivity contribution in [3.05, 3.63) is 35.8 Å². The topological polar surface area (TPSA) is 44.2 Å². The van der Waals surface area contributed by atoms with Crippen LogP contribution in [0.5, 0.6) is 11.5 Å². The molecule has 0 saturated carbocycles. The van der Waals surface area contributed by atoms with E-state index in [2.05, 4.69) is 9.97 Å². The molecule has 1 aromatic carbocycles. The molecule has 0 spiro atoms. The van der Waals surface area contributed by atoms with E-state index >= 15 is 0 Å². The van der Waals surface area contributed by atoms with E-state index in [4.69, 9.17) is 9.47 Å². The maximum Gasteiger partial charge on any atom is 0.161 e. The van der Waals surface area contributed by atoms with E-state index in [1.807, 2.05) is 32.0 Å². The van der Waals surface area contributed by atoms with E-state index in [1.54, 1.807) is 20.4 Å². The number of benzene rings is 1. The van der Waals surface area contributed by atoms with Gasteiger partial charge in [-0.25, -0.2) is 0 Å². The molecule has 94 valence electrons. The summed E-state index contributed by atoms with van der Waals surface area (Å²) < 4.78 is 10.5. The zero-order chi connectivity index (χ0) is 13.1. The van der Waals surface area contributed by atoms with Crippen LogP contribution in [-0.2, 0) is 0 Å². The monoisotopic (exact) mass is 244 g/mol. The third-order valence-corrected chi connectivity index (χ3v) is 2.72. The molecule has 4 nitrogen and oxygen atoms in total. The highest BCUT2D eigenvalue weighted by Crippen LogP contribution is 2.32. The molecule has 1 aromatic heterocycles. The Morgan fingerprint density at radius 3 is 2.33 bits per heavy atom. The quantitative estimate of drug-likeness (QED) is 0.832. The van der Waals surface area contributed by atoms with Gasteiger partial charge in [0.25, 0.3) is 0 Å². The van der Waals surface area contributed by atoms with Crippen molar-refractivity contribution in [1.29, 1.82) is 0 Å². The lowest BCUT2D eigenvalue weighted by Crippen LogP contribution is -1.96. The van der Waals surface area contributed by atoms with Gasteiger partial charge >= 0.3 is 0 Å². The molecule has 4 heteroatoms. The zero-order valence-electron chi connectivity index (χ0n) is 11.0. The molecule has 0 aliphatic heterocycles. The van der Waals surface area contributed by atoms with Gasteiger partial charge in [-0.15, -0.1) is 0 Å². The first-order valence-electron chi connectivity index (χ1n) is 5.68. The minimum Gasteiger partial charge on any atom is -0.493 e. The Bertz CT molecular complexity index is 568. The summed E-state index contributed by atoms with van der Waals surface area (Å²) in [5, 5.41) is 0. The summed E-state index contributed by atoms with van der Waals surface area (Å²) >= 11 is 0. The first-order chi connectivity index (χ1) is 8.65. The van der Waals surface area contributed by atoms with Crippen molar-refractivity contribution in [3.63, 3.8) is 0 Å². The van der Waals surface area contributed by atoms with Crippen LogP contribution in [0.15, 0.2) is 24.4 Å². The van der Waals surface area contributed by atoms with Crippen molar-refractivity contribution in [2.75, 3.05) is 14.2 Å². The lowest BCUT2D eigenvalue weighted by Gasteiger charge is -2.10. The summed E-state index contributed by atoms with van der Waals surface area (Å²) in [7, 11) is 3.24. The lowest BCUT2D eigenvalue weighted by molar-refractivity contribution is 0.355. The Labute approximate surface area is 107 Å². The van der Waals surface area contributed by atoms with Crippen LogP contribution in [0.1, 0.15) is 11.4 Å². The van der Waals surface area contributed by atoms with E-state index < -0.39 is 0 Å². The van der Waals surface area contributed by atoms with Gasteiger partial charge < -0.3 is 9.47 Å². The molecule has 0 bridgehead atoms. The van der Waals surface area contributed by atoms with Crippen LogP contribution in [0, 0.1) is 13.8 Å². The largest absolute Gasteiger partial charge is 0.493 e. The Morgan fingerprint density at radius 1 is 1.00 bits per heavy atom. The van der Waals surface area contributed by atoms with E-state index in [0.717, 1.165) is 22.6 Å². The number of hydrogen-bond donors (Lipinski definition) is 0. The molecule has 1 heterocycles. The number of nitrogens with zero attached hydrogens (tertiary/aromatic N) is 2. The summed E-state index contributed by atoms with van der Waals surface area (Å²) in [5.74, 6) is 1.40. The number of ether oxygens (including phenoxy) is 2. The van der Waals surface area contributed by atoms with Crippen molar-refractivity contribution in [2.45, 2.75) is 13.8 Å². The number of rotatable bonds is 3. The highest BCUT2D eigenvalue weighted by Gasteiger charge is 2.09. The third kappa shape index (κ3) is 2.27. The molecule has 0 N–H and O–H groups in total. The maximum absolute atomic E-state index is 5.29. The molecule has 2 aromatic rings. The number of hydrogen-bond acceptors (Lipinski definition) is 4. The standard InChI is InChI=1S/C14H16N2O2/c1-9-8-15-14(10(2)16-9)11-5-6-12(17-3)13(7-11)18-4/h5-8H,1-4H3. The Morgan fingerprint density at radius 2 is 1.72 bits per heavy atom. The molecule has 0 unspecified atom stereocenters. The van der Waals surface area contributed by atoms with E-state index in [9.17, 15) is 0 Å². The molecule has 2 rings (SSSR count). The highest BCUT2D eigenvalue weighted by atomic mass is 16.5. The Hall–Kier alpha value is -2.10. The van der Waals surface area contributed by atoms with E-state index in [1.165, 1.54) is 0 Å². The average molecular weight is 244 g/mol. The summed E-state index contributed by atoms with van der Waals surface area (Å²) in [6, 6.07) is 5.73. The van der Waals surface area contributed by atoms with Gasteiger partial charge in [0.2, 0.25) is 0 Å². The van der Waals surface area contributed by atoms with Gasteiger partial charge in [0.15, 0.2) is 11.5 Å². The second-order valence-corrected chi connectivity index (χ2v) is 4.02. The van der Waals surface area contributed by atoms with Crippen LogP contribution in [0.25, 0.3) is 11.3 Å². The van der Waals surface area contributed by atoms with Crippen LogP contribution in [0.4, 0.5) is 0 Å². The minimum atomic E-state index is 0.691. The molecule has 0 radical (unpaired) electrons. The second kappa shape index (κ2) is 5.04. The summed E-state index contributed by atoms with van der Waals surface area (Å²) in [4.78, 5) is 8.83. The predicted octanol–water partition coefficient (Wildman–Crippen LogP) is 2.78. The van der Waals surface area contributed by atoms with Crippen LogP contribution in [-0.4, -0.2) is 24.2 Å². The smallest absolute Gasteiger partial charge is 0.161 e. The fourth-order valence-electron chi connectivity index (χ4n) is 1.86. The first kappa shape index (κ1) is 12.4. The van der Waals surface area contributed by atoms with Gasteiger partial charge in [-0.2, -0.15) is 0 Å². The highest BCUT2D eigenvalue weighted by molar-refractivity contribution is 5.65. The summed E-state index contributed by atoms with van der Waals surface area (Å²) in [6.07, 6.45) is 1.76. The second-order valence-electron chi connectivity index (χ2n) is 4.02. The predicted molar refractivity (Wildman–Crippen MR) is 70.0 cm³/mol. The van der Waals surface area contributed by atoms with Crippen molar-refractivity contribution in [1.82, 2.24) is 9.97 Å². The van der Waals surface area contributed by atoms with Gasteiger partial charge in [0.1, 0.15) is 0 Å². The fourth-order valence-corrected chi connectivity index (χ4v) is 1.86. The molecule has 0 fully saturated rings. The SMILES string of the molecule is COc1ccc(-c2ncc(C)nc2C)cc1OC. The molecular formula is C14H16N2O2. The lowest BCUT2D eigenvalue weighted by atomic mass is 10.1. The molecule has 0 saturated heterocycles. The Kier molecular flexibility index (Phi) is 3.46. The van der Waals surface area contributed by atoms with Gasteiger partial charge in [-0.1, -0.05) is 0 Å². The number of methoxy groups -OCH3 is 2. The van der Waals surface area contributed by atoms with Crippen LogP contribution in [0.3, 0.4) is 0 Å². The maximum atomic E-state index is 5.29. The van der Waals surface area contributed by atoms with Crippen molar-refractivity contribution in [3.8, 4) is 22.8 Å². The molecule has 0 aliphatic carbocycles. The van der Waals surface area contributed by atoms with Gasteiger partial charge in [-0.3, -0.25) is 9.97 Å². The first-order valence-corrected chi connectivity index (χ1v) is 5.68. The van der Waals surface area contributed by atoms with Gasteiger partial charge in [0, 0.05) is 11.8 Å². The minimum absolute atomic E-state index is 0.691. The van der Waals surface area contributed by atoms with Crippen LogP contribution < -0.4 is 9.47 Å². The summed E-state index contributed by atoms with van der Waals surface area (Å²) in [5.41, 5.74) is 3.65. The zero-order valence-corrected chi connectivity index (χ0v) is 11.0. The molecular weight excluding hydrogens is 228 g/mol. The van der Waals surface area contributed by atoms with Crippen molar-refractivity contribution in [2.24, 2.45) is 0 Å². The number of aromatic nitrogens is 2. The number of aryl methyl sites for hydroxylation is 2. The van der Waals surface area contributed by atoms with E-state index in [0.29, 0.717) is 11.5 Å². The third-order valence-electron chi connectivity index (χ3n) is 2.72. The molecule has 18 heavy (non-hydrogen) atoms. The van der Waals surface area contributed by atoms with Gasteiger partial charge in [-0.05, 0) is 32.0 Å². The summed E-state index contributed by atoms with van der Waals surface area (Å²) in [6.45, 7) is 3.88. The van der Waals surface area contributed by atoms with Gasteiger partial charge in [0.05, 0.1) is 31.3 Å². The molecule has 0 aliphatic rings. The fraction of sp³-hybridized carbons (Fsp3) is 0.286. The average Bonchev–Trinajstić information content (AvgIpc) is 2.38. The van der Waals surface area contributed by atoms with Crippen molar-refractivity contribution >= 4 is 0 Å². The molecule has 0 atom stereocenters. The van der Waals surface area contributed by atoms with Crippen molar-refractivity contribution < 1.29 is 9.47 Å². The Balaban J connectivity index is 2.51. The molecule has 0 amide bonds.